The van der Waals surface area contributed by atoms with Crippen LogP contribution in [0.5, 0.6) is 6.01 Å². The lowest BCUT2D eigenvalue weighted by atomic mass is 10.2. The van der Waals surface area contributed by atoms with Crippen molar-refractivity contribution < 1.29 is 13.9 Å². The Labute approximate surface area is 187 Å². The molecular formula is C22H15Cl2FN4O2. The van der Waals surface area contributed by atoms with Crippen molar-refractivity contribution in [1.29, 1.82) is 0 Å². The summed E-state index contributed by atoms with van der Waals surface area (Å²) in [6.07, 6.45) is 0. The largest absolute Gasteiger partial charge is 0.466 e. The third-order valence-electron chi connectivity index (χ3n) is 4.42. The van der Waals surface area contributed by atoms with Crippen LogP contribution in [-0.2, 0) is 0 Å². The number of halogens is 3. The molecule has 1 heterocycles. The fraction of sp³-hybridized carbons (Fsp3) is 0.0455. The van der Waals surface area contributed by atoms with Crippen LogP contribution in [0.4, 0.5) is 10.1 Å². The van der Waals surface area contributed by atoms with Gasteiger partial charge in [-0.3, -0.25) is 4.79 Å². The first-order valence-corrected chi connectivity index (χ1v) is 9.84. The van der Waals surface area contributed by atoms with Gasteiger partial charge in [0.25, 0.3) is 5.91 Å². The van der Waals surface area contributed by atoms with E-state index in [9.17, 15) is 9.18 Å². The molecule has 31 heavy (non-hydrogen) atoms. The summed E-state index contributed by atoms with van der Waals surface area (Å²) in [5.41, 5.74) is 1.68. The number of methoxy groups -OCH3 is 1. The van der Waals surface area contributed by atoms with Gasteiger partial charge in [0.15, 0.2) is 5.82 Å². The number of nitrogens with zero attached hydrogens (tertiary/aromatic N) is 3. The standard InChI is InChI=1S/C22H15Cl2FN4O2/c1-31-22-27-20(13-9-10-17(23)18(24)11-13)29(28-22)15-6-4-5-14(12-15)26-21(30)16-7-2-3-8-19(16)25/h2-12H,1H3,(H,26,30). The molecule has 0 unspecified atom stereocenters. The third-order valence-corrected chi connectivity index (χ3v) is 5.15. The molecule has 0 spiro atoms. The first-order valence-electron chi connectivity index (χ1n) is 9.09. The van der Waals surface area contributed by atoms with Crippen LogP contribution in [-0.4, -0.2) is 27.8 Å². The van der Waals surface area contributed by atoms with E-state index in [0.29, 0.717) is 32.8 Å². The minimum absolute atomic E-state index is 0.0492. The molecule has 1 amide bonds. The maximum absolute atomic E-state index is 13.9. The molecule has 0 aliphatic rings. The minimum atomic E-state index is -0.598. The fourth-order valence-corrected chi connectivity index (χ4v) is 3.24. The summed E-state index contributed by atoms with van der Waals surface area (Å²) < 4.78 is 20.7. The molecule has 1 N–H and O–H groups in total. The lowest BCUT2D eigenvalue weighted by Crippen LogP contribution is -2.14. The summed E-state index contributed by atoms with van der Waals surface area (Å²) in [4.78, 5) is 16.8. The van der Waals surface area contributed by atoms with Crippen molar-refractivity contribution >= 4 is 34.8 Å². The van der Waals surface area contributed by atoms with Crippen molar-refractivity contribution in [3.63, 3.8) is 0 Å². The van der Waals surface area contributed by atoms with Crippen LogP contribution in [0.3, 0.4) is 0 Å². The molecule has 0 fully saturated rings. The molecule has 9 heteroatoms. The number of aromatic nitrogens is 3. The molecule has 0 aliphatic heterocycles. The van der Waals surface area contributed by atoms with Gasteiger partial charge in [0.1, 0.15) is 5.82 Å². The van der Waals surface area contributed by atoms with Gasteiger partial charge in [-0.15, -0.1) is 5.10 Å². The minimum Gasteiger partial charge on any atom is -0.466 e. The number of rotatable bonds is 5. The predicted molar refractivity (Wildman–Crippen MR) is 118 cm³/mol. The van der Waals surface area contributed by atoms with Crippen molar-refractivity contribution in [1.82, 2.24) is 14.8 Å². The monoisotopic (exact) mass is 456 g/mol. The number of hydrogen-bond acceptors (Lipinski definition) is 4. The van der Waals surface area contributed by atoms with Crippen LogP contribution < -0.4 is 10.1 Å². The molecule has 4 aromatic rings. The number of hydrogen-bond donors (Lipinski definition) is 1. The van der Waals surface area contributed by atoms with Crippen LogP contribution in [0.15, 0.2) is 66.7 Å². The number of anilines is 1. The quantitative estimate of drug-likeness (QED) is 0.421. The van der Waals surface area contributed by atoms with Crippen LogP contribution in [0.25, 0.3) is 17.1 Å². The summed E-state index contributed by atoms with van der Waals surface area (Å²) >= 11 is 12.2. The fourth-order valence-electron chi connectivity index (χ4n) is 2.94. The molecule has 0 aliphatic carbocycles. The molecule has 0 bridgehead atoms. The van der Waals surface area contributed by atoms with E-state index >= 15 is 0 Å². The van der Waals surface area contributed by atoms with Crippen molar-refractivity contribution in [2.45, 2.75) is 0 Å². The Balaban J connectivity index is 1.71. The topological polar surface area (TPSA) is 69.0 Å². The third kappa shape index (κ3) is 4.38. The molecule has 3 aromatic carbocycles. The summed E-state index contributed by atoms with van der Waals surface area (Å²) in [7, 11) is 1.46. The van der Waals surface area contributed by atoms with Gasteiger partial charge in [-0.05, 0) is 48.5 Å². The first-order chi connectivity index (χ1) is 15.0. The average molecular weight is 457 g/mol. The average Bonchev–Trinajstić information content (AvgIpc) is 3.21. The summed E-state index contributed by atoms with van der Waals surface area (Å²) in [5, 5.41) is 7.84. The lowest BCUT2D eigenvalue weighted by Gasteiger charge is -2.10. The Morgan fingerprint density at radius 2 is 1.84 bits per heavy atom. The van der Waals surface area contributed by atoms with Crippen molar-refractivity contribution in [3.05, 3.63) is 88.2 Å². The van der Waals surface area contributed by atoms with E-state index in [1.165, 1.54) is 25.3 Å². The molecule has 0 saturated carbocycles. The van der Waals surface area contributed by atoms with Gasteiger partial charge in [-0.2, -0.15) is 4.98 Å². The zero-order chi connectivity index (χ0) is 22.0. The van der Waals surface area contributed by atoms with E-state index in [2.05, 4.69) is 15.4 Å². The van der Waals surface area contributed by atoms with E-state index in [4.69, 9.17) is 27.9 Å². The molecule has 0 atom stereocenters. The SMILES string of the molecule is COc1nc(-c2ccc(Cl)c(Cl)c2)n(-c2cccc(NC(=O)c3ccccc3F)c2)n1. The summed E-state index contributed by atoms with van der Waals surface area (Å²) in [6.45, 7) is 0. The molecule has 1 aromatic heterocycles. The number of ether oxygens (including phenoxy) is 1. The van der Waals surface area contributed by atoms with Crippen LogP contribution in [0.1, 0.15) is 10.4 Å². The number of benzene rings is 3. The second kappa shape index (κ2) is 8.75. The Morgan fingerprint density at radius 3 is 2.58 bits per heavy atom. The summed E-state index contributed by atoms with van der Waals surface area (Å²) in [5.74, 6) is -0.691. The number of carbonyl (C=O) groups excluding carboxylic acids is 1. The predicted octanol–water partition coefficient (Wildman–Crippen LogP) is 5.64. The zero-order valence-corrected chi connectivity index (χ0v) is 17.7. The van der Waals surface area contributed by atoms with Gasteiger partial charge in [0.05, 0.1) is 28.4 Å². The molecule has 4 rings (SSSR count). The first kappa shape index (κ1) is 20.8. The highest BCUT2D eigenvalue weighted by molar-refractivity contribution is 6.42. The van der Waals surface area contributed by atoms with Gasteiger partial charge in [0, 0.05) is 11.3 Å². The van der Waals surface area contributed by atoms with Crippen molar-refractivity contribution in [3.8, 4) is 23.1 Å². The van der Waals surface area contributed by atoms with E-state index in [-0.39, 0.29) is 11.6 Å². The Morgan fingerprint density at radius 1 is 1.03 bits per heavy atom. The molecule has 6 nitrogen and oxygen atoms in total. The van der Waals surface area contributed by atoms with Crippen molar-refractivity contribution in [2.24, 2.45) is 0 Å². The van der Waals surface area contributed by atoms with Gasteiger partial charge >= 0.3 is 6.01 Å². The van der Waals surface area contributed by atoms with E-state index in [1.54, 1.807) is 53.2 Å². The van der Waals surface area contributed by atoms with E-state index in [0.717, 1.165) is 0 Å². The maximum Gasteiger partial charge on any atom is 0.336 e. The Bertz CT molecular complexity index is 1280. The highest BCUT2D eigenvalue weighted by atomic mass is 35.5. The van der Waals surface area contributed by atoms with Gasteiger partial charge in [0.2, 0.25) is 0 Å². The van der Waals surface area contributed by atoms with Crippen molar-refractivity contribution in [2.75, 3.05) is 12.4 Å². The highest BCUT2D eigenvalue weighted by Crippen LogP contribution is 2.30. The van der Waals surface area contributed by atoms with Gasteiger partial charge < -0.3 is 10.1 Å². The highest BCUT2D eigenvalue weighted by Gasteiger charge is 2.17. The molecule has 0 saturated heterocycles. The lowest BCUT2D eigenvalue weighted by molar-refractivity contribution is 0.102. The van der Waals surface area contributed by atoms with E-state index < -0.39 is 11.7 Å². The number of nitrogens with one attached hydrogen (secondary N) is 1. The Hall–Kier alpha value is -3.42. The van der Waals surface area contributed by atoms with E-state index in [1.807, 2.05) is 0 Å². The van der Waals surface area contributed by atoms with Crippen LogP contribution in [0, 0.1) is 5.82 Å². The van der Waals surface area contributed by atoms with Gasteiger partial charge in [-0.1, -0.05) is 41.4 Å². The van der Waals surface area contributed by atoms with Crippen LogP contribution in [0.2, 0.25) is 10.0 Å². The number of carbonyl (C=O) groups is 1. The Kier molecular flexibility index (Phi) is 5.88. The zero-order valence-electron chi connectivity index (χ0n) is 16.1. The second-order valence-corrected chi connectivity index (χ2v) is 7.26. The maximum atomic E-state index is 13.9. The molecule has 156 valence electrons. The smallest absolute Gasteiger partial charge is 0.336 e. The normalized spacial score (nSPS) is 10.7. The summed E-state index contributed by atoms with van der Waals surface area (Å²) in [6, 6.07) is 17.9. The molecular weight excluding hydrogens is 442 g/mol. The molecule has 0 radical (unpaired) electrons. The van der Waals surface area contributed by atoms with Gasteiger partial charge in [-0.25, -0.2) is 9.07 Å². The number of amides is 1. The van der Waals surface area contributed by atoms with Crippen LogP contribution >= 0.6 is 23.2 Å². The second-order valence-electron chi connectivity index (χ2n) is 6.45.